The van der Waals surface area contributed by atoms with Crippen molar-refractivity contribution < 1.29 is 28.6 Å². The Morgan fingerprint density at radius 1 is 1.24 bits per heavy atom. The highest BCUT2D eigenvalue weighted by Gasteiger charge is 2.60. The molecule has 0 saturated heterocycles. The molecule has 1 amide bonds. The largest absolute Gasteiger partial charge is 0.496 e. The van der Waals surface area contributed by atoms with Crippen LogP contribution in [0.4, 0.5) is 0 Å². The number of nitrogens with one attached hydrogen (secondary N) is 1. The summed E-state index contributed by atoms with van der Waals surface area (Å²) in [7, 11) is 2.84. The molecule has 34 heavy (non-hydrogen) atoms. The average Bonchev–Trinajstić information content (AvgIpc) is 3.13. The molecule has 2 aromatic carbocycles. The van der Waals surface area contributed by atoms with Crippen molar-refractivity contribution in [3.8, 4) is 17.2 Å². The Labute approximate surface area is 202 Å². The molecular formula is C25H25ClN2O6. The summed E-state index contributed by atoms with van der Waals surface area (Å²) in [5.41, 5.74) is 5.37. The van der Waals surface area contributed by atoms with E-state index in [0.29, 0.717) is 12.1 Å². The van der Waals surface area contributed by atoms with Gasteiger partial charge in [0.15, 0.2) is 5.75 Å². The number of ether oxygens (including phenoxy) is 3. The summed E-state index contributed by atoms with van der Waals surface area (Å²) < 4.78 is 16.6. The van der Waals surface area contributed by atoms with E-state index in [0.717, 1.165) is 5.56 Å². The predicted molar refractivity (Wildman–Crippen MR) is 125 cm³/mol. The zero-order valence-corrected chi connectivity index (χ0v) is 19.8. The molecule has 2 aliphatic rings. The molecule has 4 rings (SSSR count). The summed E-state index contributed by atoms with van der Waals surface area (Å²) in [4.78, 5) is 39.0. The normalized spacial score (nSPS) is 22.0. The molecule has 9 heteroatoms. The van der Waals surface area contributed by atoms with E-state index < -0.39 is 35.0 Å². The lowest BCUT2D eigenvalue weighted by atomic mass is 9.74. The quantitative estimate of drug-likeness (QED) is 0.580. The Bertz CT molecular complexity index is 1200. The number of carbonyl (C=O) groups excluding carboxylic acids is 3. The number of carbonyl (C=O) groups is 3. The van der Waals surface area contributed by atoms with Gasteiger partial charge in [0.25, 0.3) is 0 Å². The monoisotopic (exact) mass is 484 g/mol. The first-order valence-electron chi connectivity index (χ1n) is 10.8. The number of Topliss-reactive ketones (excluding diaryl/α,β-unsaturated/α-hetero) is 1. The van der Waals surface area contributed by atoms with Crippen molar-refractivity contribution in [1.82, 2.24) is 5.32 Å². The Morgan fingerprint density at radius 3 is 2.50 bits per heavy atom. The molecule has 1 heterocycles. The molecule has 178 valence electrons. The minimum Gasteiger partial charge on any atom is -0.496 e. The zero-order valence-electron chi connectivity index (χ0n) is 19.0. The summed E-state index contributed by atoms with van der Waals surface area (Å²) in [6.07, 6.45) is 1.94. The van der Waals surface area contributed by atoms with Gasteiger partial charge in [-0.15, -0.1) is 0 Å². The number of methoxy groups -OCH3 is 2. The summed E-state index contributed by atoms with van der Waals surface area (Å²) in [5, 5.41) is 3.18. The Kier molecular flexibility index (Phi) is 6.27. The van der Waals surface area contributed by atoms with Crippen LogP contribution in [0.3, 0.4) is 0 Å². The van der Waals surface area contributed by atoms with Gasteiger partial charge in [0.2, 0.25) is 23.1 Å². The maximum absolute atomic E-state index is 13.6. The lowest BCUT2D eigenvalue weighted by Crippen LogP contribution is -2.56. The van der Waals surface area contributed by atoms with E-state index in [9.17, 15) is 14.4 Å². The van der Waals surface area contributed by atoms with Crippen LogP contribution in [0.1, 0.15) is 29.3 Å². The Balaban J connectivity index is 1.65. The first-order valence-corrected chi connectivity index (χ1v) is 11.1. The second-order valence-corrected chi connectivity index (χ2v) is 8.77. The van der Waals surface area contributed by atoms with Crippen LogP contribution in [0, 0.1) is 5.92 Å². The molecule has 1 aliphatic carbocycles. The zero-order chi connectivity index (χ0) is 24.6. The van der Waals surface area contributed by atoms with E-state index >= 15 is 0 Å². The fourth-order valence-corrected chi connectivity index (χ4v) is 4.79. The fraction of sp³-hybridized carbons (Fsp3) is 0.320. The van der Waals surface area contributed by atoms with Gasteiger partial charge in [-0.25, -0.2) is 0 Å². The van der Waals surface area contributed by atoms with Crippen molar-refractivity contribution in [2.75, 3.05) is 14.2 Å². The van der Waals surface area contributed by atoms with Gasteiger partial charge < -0.3 is 25.3 Å². The van der Waals surface area contributed by atoms with Crippen molar-refractivity contribution in [2.45, 2.75) is 31.4 Å². The van der Waals surface area contributed by atoms with Gasteiger partial charge in [0.1, 0.15) is 28.1 Å². The number of fused-ring (bicyclic) bond motifs is 1. The van der Waals surface area contributed by atoms with Gasteiger partial charge in [0.05, 0.1) is 14.2 Å². The van der Waals surface area contributed by atoms with E-state index in [1.807, 2.05) is 30.3 Å². The average molecular weight is 485 g/mol. The van der Waals surface area contributed by atoms with Crippen LogP contribution in [0.15, 0.2) is 48.2 Å². The van der Waals surface area contributed by atoms with Gasteiger partial charge in [-0.2, -0.15) is 0 Å². The molecule has 0 bridgehead atoms. The number of halogens is 1. The van der Waals surface area contributed by atoms with Crippen LogP contribution in [0.25, 0.3) is 0 Å². The smallest absolute Gasteiger partial charge is 0.240 e. The molecule has 2 aromatic rings. The van der Waals surface area contributed by atoms with E-state index in [2.05, 4.69) is 5.32 Å². The topological polar surface area (TPSA) is 117 Å². The summed E-state index contributed by atoms with van der Waals surface area (Å²) >= 11 is 6.41. The van der Waals surface area contributed by atoms with Gasteiger partial charge in [-0.05, 0) is 12.0 Å². The summed E-state index contributed by atoms with van der Waals surface area (Å²) in [5.74, 6) is -1.64. The number of primary amides is 1. The number of benzene rings is 2. The molecule has 0 saturated carbocycles. The van der Waals surface area contributed by atoms with Crippen molar-refractivity contribution in [3.05, 3.63) is 64.3 Å². The third-order valence-corrected chi connectivity index (χ3v) is 6.65. The molecular weight excluding hydrogens is 460 g/mol. The molecule has 3 N–H and O–H groups in total. The third-order valence-electron chi connectivity index (χ3n) is 6.30. The highest BCUT2D eigenvalue weighted by molar-refractivity contribution is 6.36. The van der Waals surface area contributed by atoms with E-state index in [-0.39, 0.29) is 34.3 Å². The molecule has 3 atom stereocenters. The molecule has 8 nitrogen and oxygen atoms in total. The molecule has 0 aromatic heterocycles. The minimum atomic E-state index is -1.78. The number of hydrogen-bond acceptors (Lipinski definition) is 7. The number of amides is 1. The summed E-state index contributed by atoms with van der Waals surface area (Å²) in [6.45, 7) is 1.74. The SMILES string of the molecule is COc1cc(OC)c2c(c1Cl)OC1(C(=O)C=C(NC(Cc3ccccc3)C(N)=O)CC1C)C2=O. The second kappa shape index (κ2) is 9.02. The third kappa shape index (κ3) is 3.77. The number of nitrogens with two attached hydrogens (primary N) is 1. The molecule has 0 fully saturated rings. The number of rotatable bonds is 7. The fourth-order valence-electron chi connectivity index (χ4n) is 4.53. The highest BCUT2D eigenvalue weighted by atomic mass is 35.5. The van der Waals surface area contributed by atoms with Crippen LogP contribution in [0.5, 0.6) is 17.2 Å². The first kappa shape index (κ1) is 23.6. The van der Waals surface area contributed by atoms with E-state index in [1.165, 1.54) is 26.4 Å². The van der Waals surface area contributed by atoms with Crippen LogP contribution >= 0.6 is 11.6 Å². The van der Waals surface area contributed by atoms with Crippen molar-refractivity contribution in [3.63, 3.8) is 0 Å². The number of hydrogen-bond donors (Lipinski definition) is 2. The Morgan fingerprint density at radius 2 is 1.91 bits per heavy atom. The van der Waals surface area contributed by atoms with Crippen LogP contribution in [-0.4, -0.2) is 43.3 Å². The lowest BCUT2D eigenvalue weighted by molar-refractivity contribution is -0.129. The standard InChI is InChI=1S/C25H25ClN2O6/c1-13-9-15(28-16(24(27)31)10-14-7-5-4-6-8-14)11-19(29)25(13)23(30)20-17(32-2)12-18(33-3)21(26)22(20)34-25/h4-8,11-13,16,28H,9-10H2,1-3H3,(H2,27,31). The number of ketones is 2. The predicted octanol–water partition coefficient (Wildman–Crippen LogP) is 2.85. The van der Waals surface area contributed by atoms with Gasteiger partial charge in [-0.3, -0.25) is 14.4 Å². The van der Waals surface area contributed by atoms with Crippen LogP contribution < -0.4 is 25.3 Å². The van der Waals surface area contributed by atoms with Crippen LogP contribution in [-0.2, 0) is 16.0 Å². The second-order valence-electron chi connectivity index (χ2n) is 8.39. The molecule has 1 spiro atoms. The van der Waals surface area contributed by atoms with Gasteiger partial charge in [0, 0.05) is 30.2 Å². The number of allylic oxidation sites excluding steroid dienone is 1. The van der Waals surface area contributed by atoms with Crippen LogP contribution in [0.2, 0.25) is 5.02 Å². The molecule has 3 unspecified atom stereocenters. The van der Waals surface area contributed by atoms with E-state index in [4.69, 9.17) is 31.5 Å². The maximum Gasteiger partial charge on any atom is 0.240 e. The van der Waals surface area contributed by atoms with Crippen molar-refractivity contribution in [2.24, 2.45) is 11.7 Å². The van der Waals surface area contributed by atoms with Crippen molar-refractivity contribution >= 4 is 29.1 Å². The first-order chi connectivity index (χ1) is 16.2. The lowest BCUT2D eigenvalue weighted by Gasteiger charge is -2.36. The van der Waals surface area contributed by atoms with Crippen molar-refractivity contribution in [1.29, 1.82) is 0 Å². The minimum absolute atomic E-state index is 0.0620. The molecule has 1 aliphatic heterocycles. The van der Waals surface area contributed by atoms with Gasteiger partial charge >= 0.3 is 0 Å². The highest BCUT2D eigenvalue weighted by Crippen LogP contribution is 2.52. The maximum atomic E-state index is 13.6. The molecule has 0 radical (unpaired) electrons. The summed E-state index contributed by atoms with van der Waals surface area (Å²) in [6, 6.07) is 10.2. The van der Waals surface area contributed by atoms with E-state index in [1.54, 1.807) is 6.92 Å². The Hall–Kier alpha value is -3.52. The van der Waals surface area contributed by atoms with Gasteiger partial charge in [-0.1, -0.05) is 48.9 Å².